The third-order valence-corrected chi connectivity index (χ3v) is 3.09. The lowest BCUT2D eigenvalue weighted by atomic mass is 10.3. The molecular weight excluding hydrogens is 240 g/mol. The Morgan fingerprint density at radius 1 is 1.12 bits per heavy atom. The summed E-state index contributed by atoms with van der Waals surface area (Å²) in [5, 5.41) is 3.74. The fourth-order valence-electron chi connectivity index (χ4n) is 1.36. The number of hydrogen-bond donors (Lipinski definition) is 1. The first-order chi connectivity index (χ1) is 7.79. The standard InChI is InChI=1S/C12H11ClN2S/c1-16-10-6-3-2-5-9(10)14-12-8-4-7-11(13)15-12/h2-8H,1H3,(H,14,15). The largest absolute Gasteiger partial charge is 0.339 e. The minimum atomic E-state index is 0.492. The number of hydrogen-bond acceptors (Lipinski definition) is 3. The lowest BCUT2D eigenvalue weighted by Gasteiger charge is -2.09. The van der Waals surface area contributed by atoms with Crippen molar-refractivity contribution in [3.63, 3.8) is 0 Å². The quantitative estimate of drug-likeness (QED) is 0.653. The van der Waals surface area contributed by atoms with Crippen LogP contribution in [-0.4, -0.2) is 11.2 Å². The van der Waals surface area contributed by atoms with Crippen LogP contribution in [0.25, 0.3) is 0 Å². The molecule has 1 aromatic carbocycles. The van der Waals surface area contributed by atoms with Crippen molar-refractivity contribution in [3.05, 3.63) is 47.6 Å². The van der Waals surface area contributed by atoms with Gasteiger partial charge in [0.1, 0.15) is 11.0 Å². The highest BCUT2D eigenvalue weighted by atomic mass is 35.5. The van der Waals surface area contributed by atoms with Gasteiger partial charge in [-0.2, -0.15) is 0 Å². The fraction of sp³-hybridized carbons (Fsp3) is 0.0833. The normalized spacial score (nSPS) is 10.1. The summed E-state index contributed by atoms with van der Waals surface area (Å²) in [5.41, 5.74) is 1.05. The van der Waals surface area contributed by atoms with Crippen LogP contribution in [0.15, 0.2) is 47.4 Å². The molecule has 0 bridgehead atoms. The molecule has 1 N–H and O–H groups in total. The molecule has 2 nitrogen and oxygen atoms in total. The van der Waals surface area contributed by atoms with Crippen molar-refractivity contribution in [1.29, 1.82) is 0 Å². The van der Waals surface area contributed by atoms with Crippen LogP contribution in [0.3, 0.4) is 0 Å². The zero-order chi connectivity index (χ0) is 11.4. The van der Waals surface area contributed by atoms with Crippen molar-refractivity contribution >= 4 is 34.9 Å². The first-order valence-corrected chi connectivity index (χ1v) is 6.42. The molecule has 0 aliphatic carbocycles. The number of benzene rings is 1. The summed E-state index contributed by atoms with van der Waals surface area (Å²) in [6.45, 7) is 0. The van der Waals surface area contributed by atoms with Crippen LogP contribution in [0, 0.1) is 0 Å². The van der Waals surface area contributed by atoms with Crippen LogP contribution in [0.5, 0.6) is 0 Å². The van der Waals surface area contributed by atoms with Crippen LogP contribution >= 0.6 is 23.4 Å². The fourth-order valence-corrected chi connectivity index (χ4v) is 2.08. The third-order valence-electron chi connectivity index (χ3n) is 2.08. The molecular formula is C12H11ClN2S. The number of nitrogens with zero attached hydrogens (tertiary/aromatic N) is 1. The van der Waals surface area contributed by atoms with E-state index in [9.17, 15) is 0 Å². The number of anilines is 2. The Balaban J connectivity index is 2.26. The summed E-state index contributed by atoms with van der Waals surface area (Å²) in [5.74, 6) is 0.758. The number of pyridine rings is 1. The number of para-hydroxylation sites is 1. The molecule has 0 amide bonds. The number of rotatable bonds is 3. The van der Waals surface area contributed by atoms with E-state index in [-0.39, 0.29) is 0 Å². The average molecular weight is 251 g/mol. The summed E-state index contributed by atoms with van der Waals surface area (Å²) in [4.78, 5) is 5.37. The molecule has 16 heavy (non-hydrogen) atoms. The maximum atomic E-state index is 5.83. The highest BCUT2D eigenvalue weighted by Crippen LogP contribution is 2.27. The van der Waals surface area contributed by atoms with Crippen molar-refractivity contribution in [3.8, 4) is 0 Å². The van der Waals surface area contributed by atoms with E-state index in [4.69, 9.17) is 11.6 Å². The number of aromatic nitrogens is 1. The molecule has 0 radical (unpaired) electrons. The van der Waals surface area contributed by atoms with Gasteiger partial charge in [0.05, 0.1) is 5.69 Å². The molecule has 82 valence electrons. The molecule has 0 saturated heterocycles. The minimum absolute atomic E-state index is 0.492. The molecule has 0 aliphatic heterocycles. The second-order valence-electron chi connectivity index (χ2n) is 3.17. The average Bonchev–Trinajstić information content (AvgIpc) is 2.30. The Bertz CT molecular complexity index is 488. The maximum Gasteiger partial charge on any atom is 0.132 e. The monoisotopic (exact) mass is 250 g/mol. The number of nitrogens with one attached hydrogen (secondary N) is 1. The summed E-state index contributed by atoms with van der Waals surface area (Å²) >= 11 is 7.52. The van der Waals surface area contributed by atoms with Gasteiger partial charge in [-0.25, -0.2) is 4.98 Å². The highest BCUT2D eigenvalue weighted by Gasteiger charge is 2.01. The predicted octanol–water partition coefficient (Wildman–Crippen LogP) is 4.20. The molecule has 0 saturated carbocycles. The Morgan fingerprint density at radius 2 is 1.94 bits per heavy atom. The molecule has 2 aromatic rings. The lowest BCUT2D eigenvalue weighted by Crippen LogP contribution is -1.94. The van der Waals surface area contributed by atoms with Crippen molar-refractivity contribution in [2.24, 2.45) is 0 Å². The van der Waals surface area contributed by atoms with Crippen molar-refractivity contribution in [1.82, 2.24) is 4.98 Å². The Labute approximate surface area is 104 Å². The van der Waals surface area contributed by atoms with Crippen LogP contribution < -0.4 is 5.32 Å². The third kappa shape index (κ3) is 2.68. The van der Waals surface area contributed by atoms with Gasteiger partial charge in [0.25, 0.3) is 0 Å². The van der Waals surface area contributed by atoms with Gasteiger partial charge in [-0.05, 0) is 30.5 Å². The first-order valence-electron chi connectivity index (χ1n) is 4.82. The van der Waals surface area contributed by atoms with Crippen molar-refractivity contribution in [2.75, 3.05) is 11.6 Å². The zero-order valence-corrected chi connectivity index (χ0v) is 10.3. The van der Waals surface area contributed by atoms with Crippen LogP contribution in [0.1, 0.15) is 0 Å². The first kappa shape index (κ1) is 11.3. The molecule has 0 unspecified atom stereocenters. The smallest absolute Gasteiger partial charge is 0.132 e. The van der Waals surface area contributed by atoms with Crippen LogP contribution in [-0.2, 0) is 0 Å². The second-order valence-corrected chi connectivity index (χ2v) is 4.41. The topological polar surface area (TPSA) is 24.9 Å². The lowest BCUT2D eigenvalue weighted by molar-refractivity contribution is 1.29. The predicted molar refractivity (Wildman–Crippen MR) is 70.8 cm³/mol. The van der Waals surface area contributed by atoms with E-state index in [2.05, 4.69) is 16.4 Å². The Morgan fingerprint density at radius 3 is 2.69 bits per heavy atom. The highest BCUT2D eigenvalue weighted by molar-refractivity contribution is 7.98. The van der Waals surface area contributed by atoms with Crippen LogP contribution in [0.2, 0.25) is 5.15 Å². The molecule has 1 aromatic heterocycles. The summed E-state index contributed by atoms with van der Waals surface area (Å²) < 4.78 is 0. The summed E-state index contributed by atoms with van der Waals surface area (Å²) in [6, 6.07) is 13.6. The van der Waals surface area contributed by atoms with E-state index in [1.54, 1.807) is 17.8 Å². The molecule has 1 heterocycles. The van der Waals surface area contributed by atoms with Gasteiger partial charge in [0, 0.05) is 4.90 Å². The van der Waals surface area contributed by atoms with Crippen LogP contribution in [0.4, 0.5) is 11.5 Å². The summed E-state index contributed by atoms with van der Waals surface area (Å²) in [7, 11) is 0. The van der Waals surface area contributed by atoms with Crippen molar-refractivity contribution < 1.29 is 0 Å². The van der Waals surface area contributed by atoms with E-state index >= 15 is 0 Å². The van der Waals surface area contributed by atoms with Gasteiger partial charge >= 0.3 is 0 Å². The van der Waals surface area contributed by atoms with E-state index < -0.39 is 0 Å². The SMILES string of the molecule is CSc1ccccc1Nc1cccc(Cl)n1. The number of thioether (sulfide) groups is 1. The van der Waals surface area contributed by atoms with Gasteiger partial charge in [-0.15, -0.1) is 11.8 Å². The number of halogens is 1. The van der Waals surface area contributed by atoms with Gasteiger partial charge in [0.15, 0.2) is 0 Å². The van der Waals surface area contributed by atoms with Gasteiger partial charge in [0.2, 0.25) is 0 Å². The van der Waals surface area contributed by atoms with E-state index in [0.717, 1.165) is 11.5 Å². The molecule has 0 aliphatic rings. The van der Waals surface area contributed by atoms with E-state index in [1.807, 2.05) is 36.6 Å². The molecule has 0 fully saturated rings. The maximum absolute atomic E-state index is 5.83. The van der Waals surface area contributed by atoms with Gasteiger partial charge in [-0.1, -0.05) is 29.8 Å². The molecule has 0 atom stereocenters. The Hall–Kier alpha value is -1.19. The van der Waals surface area contributed by atoms with Crippen molar-refractivity contribution in [2.45, 2.75) is 4.90 Å². The zero-order valence-electron chi connectivity index (χ0n) is 8.77. The molecule has 4 heteroatoms. The van der Waals surface area contributed by atoms with E-state index in [0.29, 0.717) is 5.15 Å². The van der Waals surface area contributed by atoms with Gasteiger partial charge < -0.3 is 5.32 Å². The van der Waals surface area contributed by atoms with Gasteiger partial charge in [-0.3, -0.25) is 0 Å². The molecule has 0 spiro atoms. The Kier molecular flexibility index (Phi) is 3.70. The van der Waals surface area contributed by atoms with E-state index in [1.165, 1.54) is 4.90 Å². The minimum Gasteiger partial charge on any atom is -0.339 e. The second kappa shape index (κ2) is 5.23. The molecule has 2 rings (SSSR count). The summed E-state index contributed by atoms with van der Waals surface area (Å²) in [6.07, 6.45) is 2.05.